The van der Waals surface area contributed by atoms with Gasteiger partial charge in [0.2, 0.25) is 0 Å². The Bertz CT molecular complexity index is 334. The van der Waals surface area contributed by atoms with Crippen LogP contribution in [-0.4, -0.2) is 37.7 Å². The minimum Gasteiger partial charge on any atom is -0.406 e. The fraction of sp³-hybridized carbons (Fsp3) is 0.867. The van der Waals surface area contributed by atoms with Crippen molar-refractivity contribution in [1.82, 2.24) is 4.90 Å². The van der Waals surface area contributed by atoms with Crippen molar-refractivity contribution in [2.45, 2.75) is 53.4 Å². The maximum atomic E-state index is 12.7. The summed E-state index contributed by atoms with van der Waals surface area (Å²) in [6, 6.07) is 0. The van der Waals surface area contributed by atoms with Gasteiger partial charge in [-0.15, -0.1) is 0 Å². The van der Waals surface area contributed by atoms with Crippen LogP contribution < -0.4 is 0 Å². The Hall–Kier alpha value is -0.0600. The summed E-state index contributed by atoms with van der Waals surface area (Å²) >= 11 is 5.81. The lowest BCUT2D eigenvalue weighted by Crippen LogP contribution is -2.26. The van der Waals surface area contributed by atoms with E-state index in [4.69, 9.17) is 25.2 Å². The molecule has 132 valence electrons. The number of rotatable bonds is 14. The van der Waals surface area contributed by atoms with Crippen LogP contribution in [-0.2, 0) is 18.1 Å². The first-order chi connectivity index (χ1) is 10.5. The molecule has 0 bridgehead atoms. The molecule has 0 saturated heterocycles. The van der Waals surface area contributed by atoms with Crippen LogP contribution in [0.3, 0.4) is 0 Å². The van der Waals surface area contributed by atoms with Gasteiger partial charge in [0, 0.05) is 5.54 Å². The lowest BCUT2D eigenvalue weighted by Gasteiger charge is -2.23. The van der Waals surface area contributed by atoms with Crippen LogP contribution in [0.25, 0.3) is 0 Å². The number of phosphoric ester groups is 1. The molecule has 5 nitrogen and oxygen atoms in total. The van der Waals surface area contributed by atoms with Crippen LogP contribution in [0, 0.1) is 0 Å². The number of halogens is 1. The molecule has 0 unspecified atom stereocenters. The second-order valence-electron chi connectivity index (χ2n) is 4.95. The lowest BCUT2D eigenvalue weighted by atomic mass is 10.4. The van der Waals surface area contributed by atoms with E-state index in [0.29, 0.717) is 25.5 Å². The number of hydrogen-bond acceptors (Lipinski definition) is 5. The van der Waals surface area contributed by atoms with Crippen LogP contribution in [0.15, 0.2) is 11.3 Å². The molecule has 0 aromatic carbocycles. The van der Waals surface area contributed by atoms with E-state index in [9.17, 15) is 4.57 Å². The molecule has 22 heavy (non-hydrogen) atoms. The highest BCUT2D eigenvalue weighted by molar-refractivity contribution is 7.48. The Morgan fingerprint density at radius 1 is 1.05 bits per heavy atom. The van der Waals surface area contributed by atoms with Gasteiger partial charge in [0.25, 0.3) is 0 Å². The molecule has 0 saturated carbocycles. The largest absolute Gasteiger partial charge is 0.529 e. The molecule has 0 N–H and O–H groups in total. The Kier molecular flexibility index (Phi) is 13.3. The number of unbranched alkanes of at least 4 members (excludes halogenated alkanes) is 2. The lowest BCUT2D eigenvalue weighted by molar-refractivity contribution is 0.126. The van der Waals surface area contributed by atoms with E-state index in [-0.39, 0.29) is 0 Å². The molecule has 0 aromatic rings. The van der Waals surface area contributed by atoms with Crippen LogP contribution in [0.5, 0.6) is 0 Å². The second-order valence-corrected chi connectivity index (χ2v) is 6.76. The molecule has 0 aliphatic heterocycles. The van der Waals surface area contributed by atoms with Gasteiger partial charge in [-0.1, -0.05) is 52.1 Å². The van der Waals surface area contributed by atoms with Gasteiger partial charge in [0.1, 0.15) is 5.76 Å². The maximum absolute atomic E-state index is 12.7. The smallest absolute Gasteiger partial charge is 0.406 e. The highest BCUT2D eigenvalue weighted by Crippen LogP contribution is 2.51. The number of likely N-dealkylation sites (N-methyl/N-ethyl adjacent to an activating group) is 1. The predicted molar refractivity (Wildman–Crippen MR) is 92.1 cm³/mol. The number of hydrogen-bond donors (Lipinski definition) is 0. The molecule has 0 fully saturated rings. The first-order valence-corrected chi connectivity index (χ1v) is 10.0. The van der Waals surface area contributed by atoms with Gasteiger partial charge in [0.15, 0.2) is 0 Å². The molecular formula is C15H31ClNO4P. The van der Waals surface area contributed by atoms with Gasteiger partial charge in [-0.25, -0.2) is 4.57 Å². The Labute approximate surface area is 140 Å². The average Bonchev–Trinajstić information content (AvgIpc) is 2.52. The molecule has 0 atom stereocenters. The van der Waals surface area contributed by atoms with Crippen LogP contribution in [0.1, 0.15) is 53.4 Å². The van der Waals surface area contributed by atoms with E-state index in [1.165, 1.54) is 5.54 Å². The van der Waals surface area contributed by atoms with Crippen LogP contribution in [0.2, 0.25) is 0 Å². The van der Waals surface area contributed by atoms with Crippen molar-refractivity contribution in [3.05, 3.63) is 11.3 Å². The summed E-state index contributed by atoms with van der Waals surface area (Å²) in [6.07, 6.45) is 3.51. The average molecular weight is 356 g/mol. The fourth-order valence-electron chi connectivity index (χ4n) is 1.63. The summed E-state index contributed by atoms with van der Waals surface area (Å²) in [5.41, 5.74) is 1.30. The normalized spacial score (nSPS) is 12.9. The van der Waals surface area contributed by atoms with E-state index in [1.807, 2.05) is 27.7 Å². The minimum absolute atomic E-state index is 0.348. The zero-order valence-corrected chi connectivity index (χ0v) is 16.0. The number of nitrogens with zero attached hydrogens (tertiary/aromatic N) is 1. The molecule has 0 amide bonds. The second kappa shape index (κ2) is 13.4. The monoisotopic (exact) mass is 355 g/mol. The Morgan fingerprint density at radius 2 is 1.55 bits per heavy atom. The summed E-state index contributed by atoms with van der Waals surface area (Å²) in [4.78, 5) is 2.11. The van der Waals surface area contributed by atoms with Gasteiger partial charge >= 0.3 is 7.82 Å². The van der Waals surface area contributed by atoms with E-state index in [2.05, 4.69) is 4.90 Å². The zero-order valence-electron chi connectivity index (χ0n) is 14.3. The molecule has 0 aliphatic rings. The van der Waals surface area contributed by atoms with Crippen molar-refractivity contribution in [2.75, 3.05) is 32.8 Å². The van der Waals surface area contributed by atoms with Crippen LogP contribution in [0.4, 0.5) is 0 Å². The van der Waals surface area contributed by atoms with Gasteiger partial charge in [0.05, 0.1) is 19.8 Å². The third-order valence-electron chi connectivity index (χ3n) is 3.12. The first-order valence-electron chi connectivity index (χ1n) is 8.15. The van der Waals surface area contributed by atoms with Crippen molar-refractivity contribution in [1.29, 1.82) is 0 Å². The SMILES string of the molecule is CCCCOP(=O)(OCCCC)OC(=CCl)CN(CC)CC. The van der Waals surface area contributed by atoms with Crippen molar-refractivity contribution in [3.63, 3.8) is 0 Å². The summed E-state index contributed by atoms with van der Waals surface area (Å²) in [6.45, 7) is 11.1. The summed E-state index contributed by atoms with van der Waals surface area (Å²) in [5, 5.41) is 0. The molecule has 0 aliphatic carbocycles. The Balaban J connectivity index is 4.72. The zero-order chi connectivity index (χ0) is 16.8. The van der Waals surface area contributed by atoms with E-state index >= 15 is 0 Å². The van der Waals surface area contributed by atoms with E-state index in [0.717, 1.165) is 38.8 Å². The highest BCUT2D eigenvalue weighted by Gasteiger charge is 2.29. The van der Waals surface area contributed by atoms with Crippen LogP contribution >= 0.6 is 19.4 Å². The van der Waals surface area contributed by atoms with Gasteiger partial charge in [-0.3, -0.25) is 13.9 Å². The van der Waals surface area contributed by atoms with Crippen molar-refractivity contribution >= 4 is 19.4 Å². The van der Waals surface area contributed by atoms with Gasteiger partial charge < -0.3 is 4.52 Å². The van der Waals surface area contributed by atoms with E-state index in [1.54, 1.807) is 0 Å². The molecule has 0 aromatic heterocycles. The summed E-state index contributed by atoms with van der Waals surface area (Å²) in [5.74, 6) is 0.404. The molecule has 0 spiro atoms. The predicted octanol–water partition coefficient (Wildman–Crippen LogP) is 5.17. The number of phosphoric acid groups is 1. The Morgan fingerprint density at radius 3 is 1.91 bits per heavy atom. The minimum atomic E-state index is -3.61. The van der Waals surface area contributed by atoms with Gasteiger partial charge in [-0.05, 0) is 25.9 Å². The quantitative estimate of drug-likeness (QED) is 0.244. The fourth-order valence-corrected chi connectivity index (χ4v) is 3.08. The molecule has 0 heterocycles. The third kappa shape index (κ3) is 9.86. The first kappa shape index (κ1) is 21.9. The molecular weight excluding hydrogens is 325 g/mol. The summed E-state index contributed by atoms with van der Waals surface area (Å²) in [7, 11) is -3.61. The topological polar surface area (TPSA) is 48.0 Å². The third-order valence-corrected chi connectivity index (χ3v) is 4.82. The van der Waals surface area contributed by atoms with E-state index < -0.39 is 7.82 Å². The van der Waals surface area contributed by atoms with Gasteiger partial charge in [-0.2, -0.15) is 0 Å². The maximum Gasteiger partial charge on any atom is 0.529 e. The molecule has 0 rings (SSSR count). The van der Waals surface area contributed by atoms with Crippen molar-refractivity contribution < 1.29 is 18.1 Å². The molecule has 7 heteroatoms. The summed E-state index contributed by atoms with van der Waals surface area (Å²) < 4.78 is 29.0. The van der Waals surface area contributed by atoms with Crippen molar-refractivity contribution in [3.8, 4) is 0 Å². The molecule has 0 radical (unpaired) electrons. The van der Waals surface area contributed by atoms with Crippen molar-refractivity contribution in [2.24, 2.45) is 0 Å². The highest BCUT2D eigenvalue weighted by atomic mass is 35.5. The standard InChI is InChI=1S/C15H31ClNO4P/c1-5-9-11-19-22(18,20-12-10-6-2)21-15(13-16)14-17(7-3)8-4/h13H,5-12,14H2,1-4H3.